The quantitative estimate of drug-likeness (QED) is 0.525. The molecule has 0 spiro atoms. The Bertz CT molecular complexity index is 1000. The van der Waals surface area contributed by atoms with Crippen molar-refractivity contribution in [2.45, 2.75) is 0 Å². The minimum absolute atomic E-state index is 0.0447. The molecule has 0 aliphatic rings. The van der Waals surface area contributed by atoms with Crippen LogP contribution in [0.5, 0.6) is 0 Å². The van der Waals surface area contributed by atoms with Gasteiger partial charge in [-0.15, -0.1) is 0 Å². The van der Waals surface area contributed by atoms with Crippen molar-refractivity contribution in [3.63, 3.8) is 0 Å². The van der Waals surface area contributed by atoms with Gasteiger partial charge in [0.25, 0.3) is 5.91 Å². The molecule has 24 heavy (non-hydrogen) atoms. The maximum atomic E-state index is 12.3. The third kappa shape index (κ3) is 3.32. The minimum Gasteiger partial charge on any atom is -0.320 e. The minimum atomic E-state index is -0.532. The predicted molar refractivity (Wildman–Crippen MR) is 96.6 cm³/mol. The van der Waals surface area contributed by atoms with Crippen LogP contribution >= 0.6 is 27.5 Å². The lowest BCUT2D eigenvalue weighted by Crippen LogP contribution is -2.13. The molecule has 1 N–H and O–H groups in total. The standard InChI is InChI=1S/C17H10BrClN4O/c18-12-5-6-16-21-9-13(23(16)10-12)7-11(8-20)17(24)22-15-4-2-1-3-14(15)19/h1-7,9-10H,(H,22,24)/b11-7-. The summed E-state index contributed by atoms with van der Waals surface area (Å²) in [5.74, 6) is -0.532. The summed E-state index contributed by atoms with van der Waals surface area (Å²) in [5, 5.41) is 12.4. The van der Waals surface area contributed by atoms with Gasteiger partial charge in [0.1, 0.15) is 17.3 Å². The Balaban J connectivity index is 1.94. The molecule has 0 saturated carbocycles. The second-order valence-electron chi connectivity index (χ2n) is 4.86. The van der Waals surface area contributed by atoms with Gasteiger partial charge in [-0.1, -0.05) is 23.7 Å². The summed E-state index contributed by atoms with van der Waals surface area (Å²) in [6, 6.07) is 12.4. The monoisotopic (exact) mass is 400 g/mol. The molecule has 1 aromatic carbocycles. The van der Waals surface area contributed by atoms with Gasteiger partial charge in [-0.25, -0.2) is 4.98 Å². The number of pyridine rings is 1. The first-order chi connectivity index (χ1) is 11.6. The maximum absolute atomic E-state index is 12.3. The summed E-state index contributed by atoms with van der Waals surface area (Å²) in [6.45, 7) is 0. The molecule has 1 amide bonds. The molecule has 0 unspecified atom stereocenters. The number of carbonyl (C=O) groups excluding carboxylic acids is 1. The molecule has 5 nitrogen and oxygen atoms in total. The van der Waals surface area contributed by atoms with E-state index in [1.54, 1.807) is 34.9 Å². The van der Waals surface area contributed by atoms with Crippen LogP contribution in [0.15, 0.2) is 58.8 Å². The number of aromatic nitrogens is 2. The Kier molecular flexibility index (Phi) is 4.65. The van der Waals surface area contributed by atoms with E-state index >= 15 is 0 Å². The summed E-state index contributed by atoms with van der Waals surface area (Å²) in [6.07, 6.45) is 4.90. The largest absolute Gasteiger partial charge is 0.320 e. The van der Waals surface area contributed by atoms with Gasteiger partial charge in [0.05, 0.1) is 22.6 Å². The summed E-state index contributed by atoms with van der Waals surface area (Å²) < 4.78 is 2.64. The number of halogens is 2. The molecule has 2 aromatic heterocycles. The van der Waals surface area contributed by atoms with Crippen molar-refractivity contribution in [1.82, 2.24) is 9.38 Å². The number of nitriles is 1. The molecular formula is C17H10BrClN4O. The van der Waals surface area contributed by atoms with E-state index in [0.717, 1.165) is 4.47 Å². The molecule has 0 aliphatic carbocycles. The highest BCUT2D eigenvalue weighted by Crippen LogP contribution is 2.21. The molecule has 7 heteroatoms. The van der Waals surface area contributed by atoms with Crippen LogP contribution in [0.25, 0.3) is 11.7 Å². The molecule has 0 atom stereocenters. The van der Waals surface area contributed by atoms with Gasteiger partial charge in [-0.05, 0) is 46.3 Å². The normalized spacial score (nSPS) is 11.3. The third-order valence-electron chi connectivity index (χ3n) is 3.28. The number of carbonyl (C=O) groups is 1. The Labute approximate surface area is 151 Å². The molecule has 118 valence electrons. The fourth-order valence-corrected chi connectivity index (χ4v) is 2.65. The van der Waals surface area contributed by atoms with Gasteiger partial charge < -0.3 is 5.32 Å². The van der Waals surface area contributed by atoms with Crippen LogP contribution in [0.4, 0.5) is 5.69 Å². The van der Waals surface area contributed by atoms with E-state index in [2.05, 4.69) is 26.2 Å². The molecular weight excluding hydrogens is 392 g/mol. The number of fused-ring (bicyclic) bond motifs is 1. The van der Waals surface area contributed by atoms with Crippen molar-refractivity contribution in [1.29, 1.82) is 5.26 Å². The number of benzene rings is 1. The van der Waals surface area contributed by atoms with Gasteiger partial charge in [-0.2, -0.15) is 5.26 Å². The molecule has 2 heterocycles. The lowest BCUT2D eigenvalue weighted by molar-refractivity contribution is -0.112. The van der Waals surface area contributed by atoms with E-state index in [0.29, 0.717) is 22.1 Å². The number of imidazole rings is 1. The fraction of sp³-hybridized carbons (Fsp3) is 0. The topological polar surface area (TPSA) is 70.2 Å². The maximum Gasteiger partial charge on any atom is 0.266 e. The number of hydrogen-bond donors (Lipinski definition) is 1. The summed E-state index contributed by atoms with van der Waals surface area (Å²) >= 11 is 9.41. The Morgan fingerprint density at radius 3 is 2.88 bits per heavy atom. The second-order valence-corrected chi connectivity index (χ2v) is 6.19. The number of nitrogens with zero attached hydrogens (tertiary/aromatic N) is 3. The molecule has 0 bridgehead atoms. The number of para-hydroxylation sites is 1. The zero-order chi connectivity index (χ0) is 17.1. The smallest absolute Gasteiger partial charge is 0.266 e. The van der Waals surface area contributed by atoms with Crippen LogP contribution in [-0.4, -0.2) is 15.3 Å². The van der Waals surface area contributed by atoms with E-state index in [4.69, 9.17) is 11.6 Å². The summed E-state index contributed by atoms with van der Waals surface area (Å²) in [5.41, 5.74) is 1.74. The lowest BCUT2D eigenvalue weighted by Gasteiger charge is -2.06. The number of nitrogens with one attached hydrogen (secondary N) is 1. The van der Waals surface area contributed by atoms with Gasteiger partial charge in [0, 0.05) is 10.7 Å². The van der Waals surface area contributed by atoms with Crippen LogP contribution in [0.3, 0.4) is 0 Å². The van der Waals surface area contributed by atoms with E-state index < -0.39 is 5.91 Å². The predicted octanol–water partition coefficient (Wildman–Crippen LogP) is 4.30. The number of amides is 1. The van der Waals surface area contributed by atoms with Crippen molar-refractivity contribution in [2.24, 2.45) is 0 Å². The van der Waals surface area contributed by atoms with Gasteiger partial charge in [0.15, 0.2) is 0 Å². The first-order valence-corrected chi connectivity index (χ1v) is 8.06. The summed E-state index contributed by atoms with van der Waals surface area (Å²) in [4.78, 5) is 16.6. The molecule has 0 aliphatic heterocycles. The van der Waals surface area contributed by atoms with E-state index in [1.807, 2.05) is 24.4 Å². The number of anilines is 1. The van der Waals surface area contributed by atoms with E-state index in [1.165, 1.54) is 6.08 Å². The highest BCUT2D eigenvalue weighted by atomic mass is 79.9. The van der Waals surface area contributed by atoms with Crippen LogP contribution in [0.1, 0.15) is 5.69 Å². The third-order valence-corrected chi connectivity index (χ3v) is 4.08. The average Bonchev–Trinajstić information content (AvgIpc) is 2.96. The van der Waals surface area contributed by atoms with Crippen LogP contribution in [0.2, 0.25) is 5.02 Å². The van der Waals surface area contributed by atoms with Crippen molar-refractivity contribution in [3.05, 3.63) is 69.6 Å². The molecule has 0 saturated heterocycles. The fourth-order valence-electron chi connectivity index (χ4n) is 2.13. The SMILES string of the molecule is N#C/C(=C/c1cnc2ccc(Br)cn12)C(=O)Nc1ccccc1Cl. The van der Waals surface area contributed by atoms with Gasteiger partial charge >= 0.3 is 0 Å². The molecule has 3 rings (SSSR count). The van der Waals surface area contributed by atoms with Crippen molar-refractivity contribution >= 4 is 50.8 Å². The van der Waals surface area contributed by atoms with Crippen LogP contribution in [0, 0.1) is 11.3 Å². The van der Waals surface area contributed by atoms with Crippen LogP contribution in [-0.2, 0) is 4.79 Å². The highest BCUT2D eigenvalue weighted by molar-refractivity contribution is 9.10. The zero-order valence-corrected chi connectivity index (χ0v) is 14.5. The van der Waals surface area contributed by atoms with E-state index in [9.17, 15) is 10.1 Å². The molecule has 0 fully saturated rings. The van der Waals surface area contributed by atoms with Gasteiger partial charge in [-0.3, -0.25) is 9.20 Å². The van der Waals surface area contributed by atoms with Crippen molar-refractivity contribution in [3.8, 4) is 6.07 Å². The number of rotatable bonds is 3. The van der Waals surface area contributed by atoms with E-state index in [-0.39, 0.29) is 5.57 Å². The molecule has 0 radical (unpaired) electrons. The Morgan fingerprint density at radius 2 is 2.12 bits per heavy atom. The number of hydrogen-bond acceptors (Lipinski definition) is 3. The first-order valence-electron chi connectivity index (χ1n) is 6.89. The first kappa shape index (κ1) is 16.2. The Morgan fingerprint density at radius 1 is 1.33 bits per heavy atom. The highest BCUT2D eigenvalue weighted by Gasteiger charge is 2.12. The lowest BCUT2D eigenvalue weighted by atomic mass is 10.2. The Hall–Kier alpha value is -2.62. The van der Waals surface area contributed by atoms with Gasteiger partial charge in [0.2, 0.25) is 0 Å². The van der Waals surface area contributed by atoms with Crippen molar-refractivity contribution in [2.75, 3.05) is 5.32 Å². The van der Waals surface area contributed by atoms with Crippen molar-refractivity contribution < 1.29 is 4.79 Å². The molecule has 3 aromatic rings. The summed E-state index contributed by atoms with van der Waals surface area (Å²) in [7, 11) is 0. The zero-order valence-electron chi connectivity index (χ0n) is 12.2. The van der Waals surface area contributed by atoms with Crippen LogP contribution < -0.4 is 5.32 Å². The average molecular weight is 402 g/mol. The second kappa shape index (κ2) is 6.87.